The second kappa shape index (κ2) is 6.35. The lowest BCUT2D eigenvalue weighted by Gasteiger charge is -2.36. The third kappa shape index (κ3) is 3.33. The molecular weight excluding hydrogens is 220 g/mol. The lowest BCUT2D eigenvalue weighted by molar-refractivity contribution is 0.153. The average Bonchev–Trinajstić information content (AvgIpc) is 2.38. The topological polar surface area (TPSA) is 15.3 Å². The van der Waals surface area contributed by atoms with Crippen LogP contribution in [0.1, 0.15) is 24.5 Å². The van der Waals surface area contributed by atoms with Crippen molar-refractivity contribution >= 4 is 0 Å². The standard InChI is InChI=1S/C16H26N2/c1-13-6-4-5-7-15(13)8-10-18-11-9-16(17-3)14(2)12-18/h4-7,14,16-17H,8-12H2,1-3H3. The first kappa shape index (κ1) is 13.6. The van der Waals surface area contributed by atoms with Gasteiger partial charge >= 0.3 is 0 Å². The summed E-state index contributed by atoms with van der Waals surface area (Å²) in [4.78, 5) is 2.62. The van der Waals surface area contributed by atoms with E-state index in [0.29, 0.717) is 6.04 Å². The minimum absolute atomic E-state index is 0.708. The number of hydrogen-bond donors (Lipinski definition) is 1. The largest absolute Gasteiger partial charge is 0.317 e. The number of nitrogens with zero attached hydrogens (tertiary/aromatic N) is 1. The first-order valence-electron chi connectivity index (χ1n) is 7.15. The van der Waals surface area contributed by atoms with Crippen molar-refractivity contribution in [3.8, 4) is 0 Å². The monoisotopic (exact) mass is 246 g/mol. The van der Waals surface area contributed by atoms with Crippen LogP contribution in [-0.4, -0.2) is 37.6 Å². The van der Waals surface area contributed by atoms with Crippen LogP contribution in [0.3, 0.4) is 0 Å². The fraction of sp³-hybridized carbons (Fsp3) is 0.625. The normalized spacial score (nSPS) is 25.3. The second-order valence-electron chi connectivity index (χ2n) is 5.64. The molecule has 0 radical (unpaired) electrons. The van der Waals surface area contributed by atoms with Gasteiger partial charge in [0, 0.05) is 19.1 Å². The van der Waals surface area contributed by atoms with E-state index in [4.69, 9.17) is 0 Å². The molecule has 0 amide bonds. The molecule has 1 N–H and O–H groups in total. The Balaban J connectivity index is 1.83. The van der Waals surface area contributed by atoms with Crippen molar-refractivity contribution in [2.24, 2.45) is 5.92 Å². The fourth-order valence-electron chi connectivity index (χ4n) is 3.03. The van der Waals surface area contributed by atoms with E-state index < -0.39 is 0 Å². The zero-order chi connectivity index (χ0) is 13.0. The molecule has 1 aromatic carbocycles. The molecule has 18 heavy (non-hydrogen) atoms. The van der Waals surface area contributed by atoms with Crippen molar-refractivity contribution < 1.29 is 0 Å². The van der Waals surface area contributed by atoms with E-state index in [1.54, 1.807) is 0 Å². The molecule has 1 aromatic rings. The zero-order valence-electron chi connectivity index (χ0n) is 11.9. The van der Waals surface area contributed by atoms with Crippen LogP contribution < -0.4 is 5.32 Å². The van der Waals surface area contributed by atoms with E-state index in [-0.39, 0.29) is 0 Å². The van der Waals surface area contributed by atoms with Gasteiger partial charge in [0.05, 0.1) is 0 Å². The molecule has 0 aromatic heterocycles. The summed E-state index contributed by atoms with van der Waals surface area (Å²) in [6.45, 7) is 8.25. The highest BCUT2D eigenvalue weighted by Gasteiger charge is 2.24. The minimum atomic E-state index is 0.708. The van der Waals surface area contributed by atoms with Gasteiger partial charge in [0.15, 0.2) is 0 Å². The fourth-order valence-corrected chi connectivity index (χ4v) is 3.03. The van der Waals surface area contributed by atoms with Gasteiger partial charge in [0.1, 0.15) is 0 Å². The van der Waals surface area contributed by atoms with Gasteiger partial charge in [0.25, 0.3) is 0 Å². The average molecular weight is 246 g/mol. The molecule has 0 spiro atoms. The van der Waals surface area contributed by atoms with E-state index in [2.05, 4.69) is 55.4 Å². The molecule has 2 unspecified atom stereocenters. The molecule has 0 saturated carbocycles. The van der Waals surface area contributed by atoms with Crippen LogP contribution in [0.4, 0.5) is 0 Å². The predicted octanol–water partition coefficient (Wildman–Crippen LogP) is 2.47. The maximum Gasteiger partial charge on any atom is 0.0114 e. The van der Waals surface area contributed by atoms with Gasteiger partial charge in [-0.15, -0.1) is 0 Å². The van der Waals surface area contributed by atoms with Crippen LogP contribution in [0, 0.1) is 12.8 Å². The van der Waals surface area contributed by atoms with Gasteiger partial charge in [-0.3, -0.25) is 0 Å². The lowest BCUT2D eigenvalue weighted by atomic mass is 9.93. The maximum atomic E-state index is 3.43. The van der Waals surface area contributed by atoms with Gasteiger partial charge < -0.3 is 10.2 Å². The Labute approximate surface area is 111 Å². The highest BCUT2D eigenvalue weighted by molar-refractivity contribution is 5.25. The summed E-state index contributed by atoms with van der Waals surface area (Å²) in [5.41, 5.74) is 2.93. The van der Waals surface area contributed by atoms with Gasteiger partial charge in [-0.25, -0.2) is 0 Å². The molecule has 2 rings (SSSR count). The van der Waals surface area contributed by atoms with E-state index in [9.17, 15) is 0 Å². The molecule has 1 aliphatic heterocycles. The lowest BCUT2D eigenvalue weighted by Crippen LogP contribution is -2.47. The van der Waals surface area contributed by atoms with E-state index in [1.807, 2.05) is 0 Å². The third-order valence-corrected chi connectivity index (χ3v) is 4.32. The van der Waals surface area contributed by atoms with E-state index >= 15 is 0 Å². The van der Waals surface area contributed by atoms with Crippen molar-refractivity contribution in [1.29, 1.82) is 0 Å². The second-order valence-corrected chi connectivity index (χ2v) is 5.64. The Morgan fingerprint density at radius 3 is 2.78 bits per heavy atom. The Morgan fingerprint density at radius 1 is 1.33 bits per heavy atom. The maximum absolute atomic E-state index is 3.43. The third-order valence-electron chi connectivity index (χ3n) is 4.32. The molecule has 0 bridgehead atoms. The first-order chi connectivity index (χ1) is 8.70. The Morgan fingerprint density at radius 2 is 2.11 bits per heavy atom. The molecular formula is C16H26N2. The van der Waals surface area contributed by atoms with Gasteiger partial charge in [-0.05, 0) is 50.4 Å². The number of aryl methyl sites for hydroxylation is 1. The summed E-state index contributed by atoms with van der Waals surface area (Å²) in [6, 6.07) is 9.46. The van der Waals surface area contributed by atoms with Crippen molar-refractivity contribution in [2.45, 2.75) is 32.7 Å². The van der Waals surface area contributed by atoms with Crippen molar-refractivity contribution in [3.63, 3.8) is 0 Å². The van der Waals surface area contributed by atoms with Gasteiger partial charge in [-0.1, -0.05) is 31.2 Å². The number of piperidine rings is 1. The molecule has 2 nitrogen and oxygen atoms in total. The summed E-state index contributed by atoms with van der Waals surface area (Å²) in [5.74, 6) is 0.764. The molecule has 1 saturated heterocycles. The highest BCUT2D eigenvalue weighted by atomic mass is 15.1. The number of likely N-dealkylation sites (tertiary alicyclic amines) is 1. The predicted molar refractivity (Wildman–Crippen MR) is 78.0 cm³/mol. The first-order valence-corrected chi connectivity index (χ1v) is 7.15. The quantitative estimate of drug-likeness (QED) is 0.878. The van der Waals surface area contributed by atoms with Crippen LogP contribution >= 0.6 is 0 Å². The molecule has 1 fully saturated rings. The molecule has 1 heterocycles. The van der Waals surface area contributed by atoms with Crippen LogP contribution in [-0.2, 0) is 6.42 Å². The summed E-state index contributed by atoms with van der Waals surface area (Å²) in [6.07, 6.45) is 2.47. The number of nitrogens with one attached hydrogen (secondary N) is 1. The van der Waals surface area contributed by atoms with Crippen molar-refractivity contribution in [3.05, 3.63) is 35.4 Å². The van der Waals surface area contributed by atoms with Gasteiger partial charge in [-0.2, -0.15) is 0 Å². The van der Waals surface area contributed by atoms with Crippen LogP contribution in [0.5, 0.6) is 0 Å². The van der Waals surface area contributed by atoms with Gasteiger partial charge in [0.2, 0.25) is 0 Å². The number of hydrogen-bond acceptors (Lipinski definition) is 2. The summed E-state index contributed by atoms with van der Waals surface area (Å²) < 4.78 is 0. The number of rotatable bonds is 4. The molecule has 1 aliphatic rings. The van der Waals surface area contributed by atoms with Crippen molar-refractivity contribution in [2.75, 3.05) is 26.7 Å². The Hall–Kier alpha value is -0.860. The highest BCUT2D eigenvalue weighted by Crippen LogP contribution is 2.17. The molecule has 100 valence electrons. The van der Waals surface area contributed by atoms with Crippen LogP contribution in [0.2, 0.25) is 0 Å². The SMILES string of the molecule is CNC1CCN(CCc2ccccc2C)CC1C. The minimum Gasteiger partial charge on any atom is -0.317 e. The summed E-state index contributed by atoms with van der Waals surface area (Å²) >= 11 is 0. The number of benzene rings is 1. The van der Waals surface area contributed by atoms with E-state index in [1.165, 1.54) is 43.6 Å². The Kier molecular flexibility index (Phi) is 4.79. The molecule has 0 aliphatic carbocycles. The smallest absolute Gasteiger partial charge is 0.0114 e. The molecule has 2 atom stereocenters. The van der Waals surface area contributed by atoms with Crippen molar-refractivity contribution in [1.82, 2.24) is 10.2 Å². The summed E-state index contributed by atoms with van der Waals surface area (Å²) in [5, 5.41) is 3.43. The van der Waals surface area contributed by atoms with E-state index in [0.717, 1.165) is 5.92 Å². The molecule has 2 heteroatoms. The zero-order valence-corrected chi connectivity index (χ0v) is 11.9. The van der Waals surface area contributed by atoms with Crippen LogP contribution in [0.25, 0.3) is 0 Å². The van der Waals surface area contributed by atoms with Crippen LogP contribution in [0.15, 0.2) is 24.3 Å². The Bertz CT molecular complexity index is 375. The summed E-state index contributed by atoms with van der Waals surface area (Å²) in [7, 11) is 2.09.